The fraction of sp³-hybridized carbons (Fsp3) is 0.375. The summed E-state index contributed by atoms with van der Waals surface area (Å²) in [7, 11) is 1.68. The predicted octanol–water partition coefficient (Wildman–Crippen LogP) is 2.18. The van der Waals surface area contributed by atoms with Crippen LogP contribution in [-0.4, -0.2) is 36.7 Å². The highest BCUT2D eigenvalue weighted by molar-refractivity contribution is 5.81. The Morgan fingerprint density at radius 2 is 2.14 bits per heavy atom. The van der Waals surface area contributed by atoms with E-state index < -0.39 is 0 Å². The second kappa shape index (κ2) is 7.58. The maximum atomic E-state index is 8.76. The van der Waals surface area contributed by atoms with Gasteiger partial charge >= 0.3 is 0 Å². The number of nitrogen functional groups attached to an aromatic ring is 1. The Kier molecular flexibility index (Phi) is 5.50. The minimum absolute atomic E-state index is 0.491. The minimum atomic E-state index is 0.491. The van der Waals surface area contributed by atoms with Crippen LogP contribution in [0.25, 0.3) is 10.9 Å². The molecular weight excluding hydrogens is 264 g/mol. The quantitative estimate of drug-likeness (QED) is 0.843. The van der Waals surface area contributed by atoms with Crippen molar-refractivity contribution in [3.05, 3.63) is 35.9 Å². The van der Waals surface area contributed by atoms with Crippen LogP contribution in [0.2, 0.25) is 0 Å². The molecule has 0 radical (unpaired) electrons. The number of pyridine rings is 1. The molecular formula is C16H20N4O. The van der Waals surface area contributed by atoms with E-state index in [0.717, 1.165) is 23.0 Å². The number of methoxy groups -OCH3 is 1. The molecule has 0 bridgehead atoms. The van der Waals surface area contributed by atoms with Crippen molar-refractivity contribution in [2.24, 2.45) is 0 Å². The summed E-state index contributed by atoms with van der Waals surface area (Å²) in [4.78, 5) is 6.61. The fourth-order valence-corrected chi connectivity index (χ4v) is 2.24. The van der Waals surface area contributed by atoms with Crippen molar-refractivity contribution in [2.75, 3.05) is 32.5 Å². The van der Waals surface area contributed by atoms with Crippen molar-refractivity contribution < 1.29 is 4.74 Å². The molecule has 110 valence electrons. The number of benzene rings is 1. The SMILES string of the molecule is COCCN(CCC#N)Cc1cc2ccccc2nc1N. The zero-order valence-corrected chi connectivity index (χ0v) is 12.2. The van der Waals surface area contributed by atoms with Gasteiger partial charge in [-0.2, -0.15) is 5.26 Å². The molecule has 5 heteroatoms. The molecule has 0 saturated heterocycles. The van der Waals surface area contributed by atoms with Gasteiger partial charge in [-0.3, -0.25) is 4.90 Å². The lowest BCUT2D eigenvalue weighted by atomic mass is 10.1. The Balaban J connectivity index is 2.18. The van der Waals surface area contributed by atoms with E-state index in [4.69, 9.17) is 15.7 Å². The molecule has 0 amide bonds. The summed E-state index contributed by atoms with van der Waals surface area (Å²) in [5.74, 6) is 0.549. The van der Waals surface area contributed by atoms with Crippen molar-refractivity contribution in [1.82, 2.24) is 9.88 Å². The summed E-state index contributed by atoms with van der Waals surface area (Å²) in [6.07, 6.45) is 0.491. The van der Waals surface area contributed by atoms with E-state index in [1.807, 2.05) is 24.3 Å². The molecule has 0 unspecified atom stereocenters. The molecule has 21 heavy (non-hydrogen) atoms. The first kappa shape index (κ1) is 15.2. The number of nitrogens with two attached hydrogens (primary N) is 1. The number of aromatic nitrogens is 1. The average molecular weight is 284 g/mol. The van der Waals surface area contributed by atoms with Gasteiger partial charge < -0.3 is 10.5 Å². The number of hydrogen-bond donors (Lipinski definition) is 1. The van der Waals surface area contributed by atoms with Crippen LogP contribution in [-0.2, 0) is 11.3 Å². The number of para-hydroxylation sites is 1. The van der Waals surface area contributed by atoms with Gasteiger partial charge in [0.15, 0.2) is 0 Å². The van der Waals surface area contributed by atoms with E-state index in [2.05, 4.69) is 22.0 Å². The molecule has 0 spiro atoms. The third-order valence-electron chi connectivity index (χ3n) is 3.38. The zero-order chi connectivity index (χ0) is 15.1. The minimum Gasteiger partial charge on any atom is -0.383 e. The van der Waals surface area contributed by atoms with Crippen molar-refractivity contribution in [1.29, 1.82) is 5.26 Å². The normalized spacial score (nSPS) is 10.9. The van der Waals surface area contributed by atoms with E-state index >= 15 is 0 Å². The number of nitriles is 1. The molecule has 5 nitrogen and oxygen atoms in total. The maximum absolute atomic E-state index is 8.76. The largest absolute Gasteiger partial charge is 0.383 e. The van der Waals surface area contributed by atoms with E-state index in [-0.39, 0.29) is 0 Å². The van der Waals surface area contributed by atoms with E-state index in [9.17, 15) is 0 Å². The van der Waals surface area contributed by atoms with E-state index in [1.54, 1.807) is 7.11 Å². The lowest BCUT2D eigenvalue weighted by Gasteiger charge is -2.21. The first-order valence-corrected chi connectivity index (χ1v) is 6.97. The number of hydrogen-bond acceptors (Lipinski definition) is 5. The lowest BCUT2D eigenvalue weighted by Crippen LogP contribution is -2.28. The maximum Gasteiger partial charge on any atom is 0.128 e. The summed E-state index contributed by atoms with van der Waals surface area (Å²) in [6.45, 7) is 2.78. The molecule has 2 rings (SSSR count). The van der Waals surface area contributed by atoms with Gasteiger partial charge in [0.2, 0.25) is 0 Å². The molecule has 1 aromatic carbocycles. The highest BCUT2D eigenvalue weighted by Crippen LogP contribution is 2.19. The summed E-state index contributed by atoms with van der Waals surface area (Å²) >= 11 is 0. The Labute approximate surface area is 124 Å². The number of anilines is 1. The van der Waals surface area contributed by atoms with Gasteiger partial charge in [0.25, 0.3) is 0 Å². The molecule has 0 aliphatic carbocycles. The molecule has 2 N–H and O–H groups in total. The highest BCUT2D eigenvalue weighted by Gasteiger charge is 2.10. The van der Waals surface area contributed by atoms with Crippen LogP contribution >= 0.6 is 0 Å². The number of fused-ring (bicyclic) bond motifs is 1. The van der Waals surface area contributed by atoms with Crippen LogP contribution in [0, 0.1) is 11.3 Å². The second-order valence-corrected chi connectivity index (χ2v) is 4.90. The van der Waals surface area contributed by atoms with Gasteiger partial charge in [0.05, 0.1) is 18.2 Å². The molecule has 0 aliphatic rings. The molecule has 1 heterocycles. The Morgan fingerprint density at radius 1 is 1.33 bits per heavy atom. The third-order valence-corrected chi connectivity index (χ3v) is 3.38. The van der Waals surface area contributed by atoms with E-state index in [0.29, 0.717) is 31.9 Å². The topological polar surface area (TPSA) is 75.2 Å². The van der Waals surface area contributed by atoms with Gasteiger partial charge in [-0.15, -0.1) is 0 Å². The Morgan fingerprint density at radius 3 is 2.90 bits per heavy atom. The fourth-order valence-electron chi connectivity index (χ4n) is 2.24. The summed E-state index contributed by atoms with van der Waals surface area (Å²) in [5.41, 5.74) is 7.95. The average Bonchev–Trinajstić information content (AvgIpc) is 2.50. The zero-order valence-electron chi connectivity index (χ0n) is 12.2. The van der Waals surface area contributed by atoms with Gasteiger partial charge in [0.1, 0.15) is 5.82 Å². The first-order chi connectivity index (χ1) is 10.2. The van der Waals surface area contributed by atoms with Crippen LogP contribution in [0.1, 0.15) is 12.0 Å². The summed E-state index contributed by atoms with van der Waals surface area (Å²) < 4.78 is 5.12. The van der Waals surface area contributed by atoms with Crippen molar-refractivity contribution in [3.8, 4) is 6.07 Å². The summed E-state index contributed by atoms with van der Waals surface area (Å²) in [5, 5.41) is 9.84. The van der Waals surface area contributed by atoms with Crippen LogP contribution in [0.4, 0.5) is 5.82 Å². The highest BCUT2D eigenvalue weighted by atomic mass is 16.5. The standard InChI is InChI=1S/C16H20N4O/c1-21-10-9-20(8-4-7-17)12-14-11-13-5-2-3-6-15(13)19-16(14)18/h2-3,5-6,11H,4,8-10,12H2,1H3,(H2,18,19). The van der Waals surface area contributed by atoms with Crippen LogP contribution < -0.4 is 5.73 Å². The lowest BCUT2D eigenvalue weighted by molar-refractivity contribution is 0.145. The number of ether oxygens (including phenoxy) is 1. The Bertz CT molecular complexity index is 636. The predicted molar refractivity (Wildman–Crippen MR) is 83.5 cm³/mol. The smallest absolute Gasteiger partial charge is 0.128 e. The molecule has 1 aromatic heterocycles. The van der Waals surface area contributed by atoms with Gasteiger partial charge in [0, 0.05) is 44.1 Å². The molecule has 0 fully saturated rings. The van der Waals surface area contributed by atoms with Crippen molar-refractivity contribution in [3.63, 3.8) is 0 Å². The van der Waals surface area contributed by atoms with Gasteiger partial charge in [-0.25, -0.2) is 4.98 Å². The van der Waals surface area contributed by atoms with Gasteiger partial charge in [-0.1, -0.05) is 18.2 Å². The molecule has 2 aromatic rings. The number of rotatable bonds is 7. The Hall–Kier alpha value is -2.16. The van der Waals surface area contributed by atoms with Crippen LogP contribution in [0.5, 0.6) is 0 Å². The molecule has 0 aliphatic heterocycles. The van der Waals surface area contributed by atoms with Crippen molar-refractivity contribution >= 4 is 16.7 Å². The third kappa shape index (κ3) is 4.15. The monoisotopic (exact) mass is 284 g/mol. The molecule has 0 saturated carbocycles. The summed E-state index contributed by atoms with van der Waals surface area (Å²) in [6, 6.07) is 12.2. The van der Waals surface area contributed by atoms with Crippen LogP contribution in [0.3, 0.4) is 0 Å². The van der Waals surface area contributed by atoms with Gasteiger partial charge in [-0.05, 0) is 12.1 Å². The second-order valence-electron chi connectivity index (χ2n) is 4.90. The van der Waals surface area contributed by atoms with Crippen molar-refractivity contribution in [2.45, 2.75) is 13.0 Å². The number of nitrogens with zero attached hydrogens (tertiary/aromatic N) is 3. The van der Waals surface area contributed by atoms with Crippen LogP contribution in [0.15, 0.2) is 30.3 Å². The van der Waals surface area contributed by atoms with E-state index in [1.165, 1.54) is 0 Å². The first-order valence-electron chi connectivity index (χ1n) is 6.97. The molecule has 0 atom stereocenters.